The van der Waals surface area contributed by atoms with Crippen molar-refractivity contribution in [2.45, 2.75) is 46.8 Å². The molecule has 0 heterocycles. The summed E-state index contributed by atoms with van der Waals surface area (Å²) >= 11 is 0. The van der Waals surface area contributed by atoms with Gasteiger partial charge in [0.05, 0.1) is 26.4 Å². The Kier molecular flexibility index (Phi) is 25.2. The van der Waals surface area contributed by atoms with E-state index in [1.54, 1.807) is 31.4 Å². The highest BCUT2D eigenvalue weighted by molar-refractivity contribution is 5.94. The Morgan fingerprint density at radius 1 is 0.871 bits per heavy atom. The standard InChI is InChI=1S/C19H33N3O5.2C2H6/c1-24-18(21)16-4-6-17(7-5-16)19(23)22-9-3-11-26-13-15-27-14-12-25-10-2-8-20;2*1-2/h4-7,18H,2-3,8-15,20-21H2,1H3,(H,22,23);2*1-2H3. The van der Waals surface area contributed by atoms with Crippen molar-refractivity contribution in [2.24, 2.45) is 11.5 Å². The van der Waals surface area contributed by atoms with Crippen LogP contribution in [0, 0.1) is 0 Å². The summed E-state index contributed by atoms with van der Waals surface area (Å²) in [5.41, 5.74) is 12.5. The van der Waals surface area contributed by atoms with E-state index in [2.05, 4.69) is 5.32 Å². The highest BCUT2D eigenvalue weighted by Crippen LogP contribution is 2.11. The van der Waals surface area contributed by atoms with Gasteiger partial charge in [-0.1, -0.05) is 39.8 Å². The second-order valence-electron chi connectivity index (χ2n) is 5.87. The van der Waals surface area contributed by atoms with Crippen LogP contribution in [0.1, 0.15) is 62.7 Å². The Balaban J connectivity index is 0. The van der Waals surface area contributed by atoms with Crippen molar-refractivity contribution in [3.05, 3.63) is 35.4 Å². The molecular weight excluding hydrogens is 398 g/mol. The number of nitrogens with two attached hydrogens (primary N) is 2. The predicted octanol–water partition coefficient (Wildman–Crippen LogP) is 2.86. The highest BCUT2D eigenvalue weighted by atomic mass is 16.5. The number of ether oxygens (including phenoxy) is 4. The molecule has 1 atom stereocenters. The van der Waals surface area contributed by atoms with E-state index in [9.17, 15) is 4.79 Å². The fraction of sp³-hybridized carbons (Fsp3) is 0.696. The predicted molar refractivity (Wildman–Crippen MR) is 126 cm³/mol. The molecule has 1 amide bonds. The first-order valence-electron chi connectivity index (χ1n) is 11.3. The van der Waals surface area contributed by atoms with Crippen molar-refractivity contribution < 1.29 is 23.7 Å². The van der Waals surface area contributed by atoms with Gasteiger partial charge in [0, 0.05) is 32.4 Å². The molecule has 8 nitrogen and oxygen atoms in total. The average molecular weight is 444 g/mol. The van der Waals surface area contributed by atoms with Crippen LogP contribution in [0.2, 0.25) is 0 Å². The van der Waals surface area contributed by atoms with Gasteiger partial charge < -0.3 is 35.7 Å². The van der Waals surface area contributed by atoms with Gasteiger partial charge in [0.1, 0.15) is 6.23 Å². The van der Waals surface area contributed by atoms with Crippen molar-refractivity contribution in [1.82, 2.24) is 5.32 Å². The van der Waals surface area contributed by atoms with Crippen LogP contribution in [0.15, 0.2) is 24.3 Å². The van der Waals surface area contributed by atoms with Gasteiger partial charge in [-0.05, 0) is 37.1 Å². The number of carbonyl (C=O) groups excluding carboxylic acids is 1. The first-order chi connectivity index (χ1) is 15.2. The Morgan fingerprint density at radius 2 is 1.35 bits per heavy atom. The van der Waals surface area contributed by atoms with Gasteiger partial charge in [-0.15, -0.1) is 0 Å². The Morgan fingerprint density at radius 3 is 1.84 bits per heavy atom. The van der Waals surface area contributed by atoms with Crippen LogP contribution in [0.3, 0.4) is 0 Å². The molecule has 5 N–H and O–H groups in total. The molecule has 0 aliphatic carbocycles. The Hall–Kier alpha value is -1.55. The number of benzene rings is 1. The van der Waals surface area contributed by atoms with Gasteiger partial charge in [0.15, 0.2) is 0 Å². The molecule has 0 fully saturated rings. The molecule has 1 aromatic rings. The first-order valence-corrected chi connectivity index (χ1v) is 11.3. The third-order valence-corrected chi connectivity index (χ3v) is 3.74. The zero-order chi connectivity index (χ0) is 23.7. The maximum atomic E-state index is 12.0. The molecule has 182 valence electrons. The number of amides is 1. The van der Waals surface area contributed by atoms with Crippen molar-refractivity contribution in [3.8, 4) is 0 Å². The average Bonchev–Trinajstić information content (AvgIpc) is 2.84. The third-order valence-electron chi connectivity index (χ3n) is 3.74. The first kappa shape index (κ1) is 31.6. The van der Waals surface area contributed by atoms with E-state index < -0.39 is 6.23 Å². The largest absolute Gasteiger partial charge is 0.379 e. The van der Waals surface area contributed by atoms with Crippen molar-refractivity contribution >= 4 is 5.91 Å². The maximum Gasteiger partial charge on any atom is 0.251 e. The molecule has 0 aliphatic heterocycles. The summed E-state index contributed by atoms with van der Waals surface area (Å²) in [4.78, 5) is 12.0. The summed E-state index contributed by atoms with van der Waals surface area (Å²) in [5, 5.41) is 2.86. The normalized spacial score (nSPS) is 10.9. The van der Waals surface area contributed by atoms with Gasteiger partial charge in [-0.2, -0.15) is 0 Å². The number of methoxy groups -OCH3 is 1. The lowest BCUT2D eigenvalue weighted by Crippen LogP contribution is -2.25. The Bertz CT molecular complexity index is 500. The Labute approximate surface area is 188 Å². The van der Waals surface area contributed by atoms with Crippen LogP contribution in [0.25, 0.3) is 0 Å². The van der Waals surface area contributed by atoms with Crippen LogP contribution in [-0.4, -0.2) is 65.7 Å². The molecule has 0 saturated heterocycles. The van der Waals surface area contributed by atoms with E-state index >= 15 is 0 Å². The minimum absolute atomic E-state index is 0.120. The lowest BCUT2D eigenvalue weighted by Gasteiger charge is -2.10. The monoisotopic (exact) mass is 443 g/mol. The molecule has 0 radical (unpaired) electrons. The highest BCUT2D eigenvalue weighted by Gasteiger charge is 2.07. The lowest BCUT2D eigenvalue weighted by atomic mass is 10.1. The molecule has 0 bridgehead atoms. The van der Waals surface area contributed by atoms with Crippen LogP contribution in [0.5, 0.6) is 0 Å². The van der Waals surface area contributed by atoms with Crippen LogP contribution < -0.4 is 16.8 Å². The molecule has 0 aromatic heterocycles. The van der Waals surface area contributed by atoms with E-state index in [0.717, 1.165) is 18.4 Å². The van der Waals surface area contributed by atoms with E-state index in [-0.39, 0.29) is 5.91 Å². The quantitative estimate of drug-likeness (QED) is 0.265. The fourth-order valence-electron chi connectivity index (χ4n) is 2.17. The molecule has 0 aliphatic rings. The fourth-order valence-corrected chi connectivity index (χ4v) is 2.17. The van der Waals surface area contributed by atoms with E-state index in [1.165, 1.54) is 0 Å². The summed E-state index contributed by atoms with van der Waals surface area (Å²) in [7, 11) is 1.54. The molecule has 1 rings (SSSR count). The number of rotatable bonds is 16. The summed E-state index contributed by atoms with van der Waals surface area (Å²) in [5.74, 6) is -0.120. The van der Waals surface area contributed by atoms with Gasteiger partial charge in [0.2, 0.25) is 0 Å². The second-order valence-corrected chi connectivity index (χ2v) is 5.87. The van der Waals surface area contributed by atoms with E-state index in [1.807, 2.05) is 27.7 Å². The van der Waals surface area contributed by atoms with Crippen molar-refractivity contribution in [3.63, 3.8) is 0 Å². The SMILES string of the molecule is CC.CC.COC(N)c1ccc(C(=O)NCCCOCCOCCOCCCN)cc1. The van der Waals surface area contributed by atoms with Gasteiger partial charge >= 0.3 is 0 Å². The third kappa shape index (κ3) is 17.8. The number of nitrogens with one attached hydrogen (secondary N) is 1. The molecule has 1 unspecified atom stereocenters. The van der Waals surface area contributed by atoms with E-state index in [0.29, 0.717) is 58.3 Å². The maximum absolute atomic E-state index is 12.0. The minimum Gasteiger partial charge on any atom is -0.379 e. The number of hydrogen-bond donors (Lipinski definition) is 3. The van der Waals surface area contributed by atoms with Gasteiger partial charge in [-0.25, -0.2) is 0 Å². The van der Waals surface area contributed by atoms with Crippen LogP contribution in [0.4, 0.5) is 0 Å². The summed E-state index contributed by atoms with van der Waals surface area (Å²) < 4.78 is 21.2. The molecule has 31 heavy (non-hydrogen) atoms. The minimum atomic E-state index is -0.480. The second kappa shape index (κ2) is 24.7. The van der Waals surface area contributed by atoms with Crippen LogP contribution >= 0.6 is 0 Å². The molecule has 8 heteroatoms. The summed E-state index contributed by atoms with van der Waals surface area (Å²) in [6, 6.07) is 7.04. The molecular formula is C23H45N3O5. The van der Waals surface area contributed by atoms with Gasteiger partial charge in [0.25, 0.3) is 5.91 Å². The summed E-state index contributed by atoms with van der Waals surface area (Å²) in [6.07, 6.45) is 1.12. The van der Waals surface area contributed by atoms with Crippen LogP contribution in [-0.2, 0) is 18.9 Å². The lowest BCUT2D eigenvalue weighted by molar-refractivity contribution is 0.0141. The van der Waals surface area contributed by atoms with Gasteiger partial charge in [-0.3, -0.25) is 4.79 Å². The number of hydrogen-bond acceptors (Lipinski definition) is 7. The zero-order valence-electron chi connectivity index (χ0n) is 20.2. The smallest absolute Gasteiger partial charge is 0.251 e. The topological polar surface area (TPSA) is 118 Å². The zero-order valence-corrected chi connectivity index (χ0v) is 20.2. The number of carbonyl (C=O) groups is 1. The molecule has 0 spiro atoms. The molecule has 1 aromatic carbocycles. The van der Waals surface area contributed by atoms with Crippen molar-refractivity contribution in [1.29, 1.82) is 0 Å². The molecule has 0 saturated carbocycles. The summed E-state index contributed by atoms with van der Waals surface area (Å²) in [6.45, 7) is 12.6. The van der Waals surface area contributed by atoms with E-state index in [4.69, 9.17) is 30.4 Å². The van der Waals surface area contributed by atoms with Crippen molar-refractivity contribution in [2.75, 3.05) is 59.8 Å².